The van der Waals surface area contributed by atoms with Crippen molar-refractivity contribution in [2.75, 3.05) is 0 Å². The highest BCUT2D eigenvalue weighted by Gasteiger charge is 2.09. The Kier molecular flexibility index (Phi) is 2.25. The van der Waals surface area contributed by atoms with Crippen LogP contribution in [0, 0.1) is 6.92 Å². The van der Waals surface area contributed by atoms with Crippen molar-refractivity contribution in [3.8, 4) is 11.3 Å². The van der Waals surface area contributed by atoms with Crippen molar-refractivity contribution in [1.29, 1.82) is 0 Å². The number of hydrogen-bond acceptors (Lipinski definition) is 3. The molecule has 4 nitrogen and oxygen atoms in total. The van der Waals surface area contributed by atoms with Gasteiger partial charge in [-0.25, -0.2) is 4.79 Å². The molecule has 0 atom stereocenters. The molecule has 0 unspecified atom stereocenters. The number of pyridine rings is 1. The molecule has 0 amide bonds. The molecular weight excluding hydrogens is 194 g/mol. The Hall–Kier alpha value is -2.10. The summed E-state index contributed by atoms with van der Waals surface area (Å²) in [6, 6.07) is 5.00. The molecular formula is C11H9NO3. The fourth-order valence-electron chi connectivity index (χ4n) is 1.36. The summed E-state index contributed by atoms with van der Waals surface area (Å²) in [5, 5.41) is 8.83. The van der Waals surface area contributed by atoms with E-state index in [9.17, 15) is 4.79 Å². The van der Waals surface area contributed by atoms with Crippen LogP contribution in [0.3, 0.4) is 0 Å². The Morgan fingerprint density at radius 3 is 2.73 bits per heavy atom. The van der Waals surface area contributed by atoms with Gasteiger partial charge in [-0.1, -0.05) is 0 Å². The summed E-state index contributed by atoms with van der Waals surface area (Å²) < 4.78 is 4.93. The van der Waals surface area contributed by atoms with Gasteiger partial charge in [0.1, 0.15) is 0 Å². The number of rotatable bonds is 2. The second kappa shape index (κ2) is 3.57. The third-order valence-electron chi connectivity index (χ3n) is 2.13. The molecule has 76 valence electrons. The van der Waals surface area contributed by atoms with Gasteiger partial charge in [0.05, 0.1) is 29.5 Å². The molecule has 0 aliphatic rings. The molecule has 0 saturated carbocycles. The average molecular weight is 203 g/mol. The number of aryl methyl sites for hydroxylation is 1. The van der Waals surface area contributed by atoms with Crippen molar-refractivity contribution in [1.82, 2.24) is 4.98 Å². The minimum atomic E-state index is -0.959. The molecule has 0 radical (unpaired) electrons. The summed E-state index contributed by atoms with van der Waals surface area (Å²) in [6.07, 6.45) is 3.12. The molecule has 0 fully saturated rings. The number of carbonyl (C=O) groups is 1. The van der Waals surface area contributed by atoms with Crippen molar-refractivity contribution in [3.63, 3.8) is 0 Å². The molecule has 4 heteroatoms. The van der Waals surface area contributed by atoms with Crippen LogP contribution in [0.4, 0.5) is 0 Å². The van der Waals surface area contributed by atoms with Crippen LogP contribution < -0.4 is 0 Å². The van der Waals surface area contributed by atoms with Crippen LogP contribution in [0.1, 0.15) is 16.1 Å². The summed E-state index contributed by atoms with van der Waals surface area (Å²) in [7, 11) is 0. The second-order valence-electron chi connectivity index (χ2n) is 3.15. The van der Waals surface area contributed by atoms with Gasteiger partial charge in [-0.3, -0.25) is 4.98 Å². The Balaban J connectivity index is 2.47. The number of furan rings is 1. The van der Waals surface area contributed by atoms with Crippen LogP contribution in [0.2, 0.25) is 0 Å². The minimum absolute atomic E-state index is 0.224. The van der Waals surface area contributed by atoms with E-state index in [2.05, 4.69) is 4.98 Å². The Morgan fingerprint density at radius 1 is 1.40 bits per heavy atom. The topological polar surface area (TPSA) is 63.3 Å². The molecule has 0 bridgehead atoms. The summed E-state index contributed by atoms with van der Waals surface area (Å²) in [5.41, 5.74) is 2.28. The zero-order valence-corrected chi connectivity index (χ0v) is 8.10. The molecule has 2 heterocycles. The van der Waals surface area contributed by atoms with Crippen LogP contribution in [-0.2, 0) is 0 Å². The van der Waals surface area contributed by atoms with Gasteiger partial charge >= 0.3 is 5.97 Å². The number of hydrogen-bond donors (Lipinski definition) is 1. The molecule has 0 aromatic carbocycles. The van der Waals surface area contributed by atoms with Crippen LogP contribution in [0.5, 0.6) is 0 Å². The van der Waals surface area contributed by atoms with E-state index in [0.29, 0.717) is 11.4 Å². The van der Waals surface area contributed by atoms with Crippen molar-refractivity contribution in [2.24, 2.45) is 0 Å². The predicted molar refractivity (Wildman–Crippen MR) is 53.6 cm³/mol. The first-order chi connectivity index (χ1) is 7.18. The van der Waals surface area contributed by atoms with Gasteiger partial charge in [0.2, 0.25) is 0 Å². The zero-order valence-electron chi connectivity index (χ0n) is 8.10. The summed E-state index contributed by atoms with van der Waals surface area (Å²) >= 11 is 0. The zero-order chi connectivity index (χ0) is 10.8. The van der Waals surface area contributed by atoms with Crippen molar-refractivity contribution in [2.45, 2.75) is 6.92 Å². The lowest BCUT2D eigenvalue weighted by molar-refractivity contribution is 0.0695. The molecule has 2 rings (SSSR count). The van der Waals surface area contributed by atoms with Gasteiger partial charge in [-0.2, -0.15) is 0 Å². The summed E-state index contributed by atoms with van der Waals surface area (Å²) in [4.78, 5) is 15.0. The largest absolute Gasteiger partial charge is 0.478 e. The first-order valence-electron chi connectivity index (χ1n) is 4.42. The molecule has 0 aliphatic heterocycles. The number of nitrogens with zero attached hydrogens (tertiary/aromatic N) is 1. The van der Waals surface area contributed by atoms with Crippen LogP contribution in [0.15, 0.2) is 35.1 Å². The van der Waals surface area contributed by atoms with E-state index in [1.54, 1.807) is 37.6 Å². The van der Waals surface area contributed by atoms with E-state index < -0.39 is 5.97 Å². The Labute approximate surface area is 86.2 Å². The molecule has 1 N–H and O–H groups in total. The highest BCUT2D eigenvalue weighted by atomic mass is 16.4. The first-order valence-corrected chi connectivity index (χ1v) is 4.42. The van der Waals surface area contributed by atoms with E-state index in [1.807, 2.05) is 0 Å². The van der Waals surface area contributed by atoms with Gasteiger partial charge < -0.3 is 9.52 Å². The van der Waals surface area contributed by atoms with Crippen LogP contribution in [0.25, 0.3) is 11.3 Å². The van der Waals surface area contributed by atoms with Gasteiger partial charge in [0, 0.05) is 5.56 Å². The van der Waals surface area contributed by atoms with Crippen molar-refractivity contribution in [3.05, 3.63) is 42.0 Å². The van der Waals surface area contributed by atoms with Gasteiger partial charge in [0.25, 0.3) is 0 Å². The number of aromatic carboxylic acids is 1. The molecule has 0 aliphatic carbocycles. The minimum Gasteiger partial charge on any atom is -0.478 e. The number of aromatic nitrogens is 1. The average Bonchev–Trinajstić information content (AvgIpc) is 2.69. The monoisotopic (exact) mass is 203 g/mol. The fraction of sp³-hybridized carbons (Fsp3) is 0.0909. The lowest BCUT2D eigenvalue weighted by atomic mass is 10.1. The van der Waals surface area contributed by atoms with E-state index in [-0.39, 0.29) is 5.56 Å². The highest BCUT2D eigenvalue weighted by Crippen LogP contribution is 2.19. The third-order valence-corrected chi connectivity index (χ3v) is 2.13. The standard InChI is InChI=1S/C11H9NO3/c1-7-9(11(13)14)2-3-10(12-7)8-4-5-15-6-8/h2-6H,1H3,(H,13,14). The molecule has 15 heavy (non-hydrogen) atoms. The van der Waals surface area contributed by atoms with Gasteiger partial charge in [0.15, 0.2) is 0 Å². The smallest absolute Gasteiger partial charge is 0.337 e. The maximum absolute atomic E-state index is 10.8. The fourth-order valence-corrected chi connectivity index (χ4v) is 1.36. The van der Waals surface area contributed by atoms with E-state index in [4.69, 9.17) is 9.52 Å². The maximum Gasteiger partial charge on any atom is 0.337 e. The Morgan fingerprint density at radius 2 is 2.20 bits per heavy atom. The van der Waals surface area contributed by atoms with Gasteiger partial charge in [-0.05, 0) is 25.1 Å². The van der Waals surface area contributed by atoms with Crippen LogP contribution in [-0.4, -0.2) is 16.1 Å². The Bertz CT molecular complexity index is 489. The quantitative estimate of drug-likeness (QED) is 0.813. The first kappa shape index (κ1) is 9.45. The molecule has 2 aromatic heterocycles. The maximum atomic E-state index is 10.8. The van der Waals surface area contributed by atoms with Gasteiger partial charge in [-0.15, -0.1) is 0 Å². The predicted octanol–water partition coefficient (Wildman–Crippen LogP) is 2.35. The highest BCUT2D eigenvalue weighted by molar-refractivity contribution is 5.89. The molecule has 0 spiro atoms. The van der Waals surface area contributed by atoms with E-state index >= 15 is 0 Å². The summed E-state index contributed by atoms with van der Waals surface area (Å²) in [6.45, 7) is 1.67. The molecule has 2 aromatic rings. The second-order valence-corrected chi connectivity index (χ2v) is 3.15. The van der Waals surface area contributed by atoms with Crippen molar-refractivity contribution >= 4 is 5.97 Å². The van der Waals surface area contributed by atoms with E-state index in [0.717, 1.165) is 5.56 Å². The van der Waals surface area contributed by atoms with Crippen molar-refractivity contribution < 1.29 is 14.3 Å². The lowest BCUT2D eigenvalue weighted by Crippen LogP contribution is -2.01. The van der Waals surface area contributed by atoms with E-state index in [1.165, 1.54) is 0 Å². The summed E-state index contributed by atoms with van der Waals surface area (Å²) in [5.74, 6) is -0.959. The number of carboxylic acids is 1. The van der Waals surface area contributed by atoms with Crippen LogP contribution >= 0.6 is 0 Å². The lowest BCUT2D eigenvalue weighted by Gasteiger charge is -2.02. The molecule has 0 saturated heterocycles. The number of carboxylic acid groups (broad SMARTS) is 1. The normalized spacial score (nSPS) is 10.2. The SMILES string of the molecule is Cc1nc(-c2ccoc2)ccc1C(=O)O. The third kappa shape index (κ3) is 1.74.